The van der Waals surface area contributed by atoms with Crippen LogP contribution in [0.2, 0.25) is 0 Å². The lowest BCUT2D eigenvalue weighted by molar-refractivity contribution is -0.140. The normalized spacial score (nSPS) is 14.8. The molecule has 1 aromatic rings. The van der Waals surface area contributed by atoms with Crippen LogP contribution in [-0.2, 0) is 14.8 Å². The number of sulfonamides is 1. The lowest BCUT2D eigenvalue weighted by Crippen LogP contribution is -2.34. The summed E-state index contributed by atoms with van der Waals surface area (Å²) in [5, 5.41) is 8.70. The lowest BCUT2D eigenvalue weighted by Gasteiger charge is -2.14. The van der Waals surface area contributed by atoms with Crippen molar-refractivity contribution in [2.24, 2.45) is 5.92 Å². The molecule has 1 rings (SSSR count). The molecule has 2 unspecified atom stereocenters. The zero-order valence-electron chi connectivity index (χ0n) is 11.0. The van der Waals surface area contributed by atoms with Crippen LogP contribution >= 0.6 is 0 Å². The molecular weight excluding hydrogens is 266 g/mol. The van der Waals surface area contributed by atoms with Gasteiger partial charge in [0.1, 0.15) is 0 Å². The molecule has 106 valence electrons. The molecule has 0 radical (unpaired) electrons. The third-order valence-corrected chi connectivity index (χ3v) is 4.41. The molecule has 0 heterocycles. The van der Waals surface area contributed by atoms with Crippen LogP contribution in [0.4, 0.5) is 0 Å². The van der Waals surface area contributed by atoms with Gasteiger partial charge in [-0.3, -0.25) is 4.79 Å². The van der Waals surface area contributed by atoms with Crippen LogP contribution in [0.5, 0.6) is 0 Å². The summed E-state index contributed by atoms with van der Waals surface area (Å²) in [5.41, 5.74) is 0.944. The van der Waals surface area contributed by atoms with Gasteiger partial charge in [-0.1, -0.05) is 44.2 Å². The van der Waals surface area contributed by atoms with Crippen LogP contribution in [-0.4, -0.2) is 31.8 Å². The van der Waals surface area contributed by atoms with Gasteiger partial charge >= 0.3 is 5.97 Å². The first-order valence-corrected chi connectivity index (χ1v) is 7.72. The van der Waals surface area contributed by atoms with E-state index in [1.165, 1.54) is 6.92 Å². The number of rotatable bonds is 7. The molecule has 0 aliphatic carbocycles. The predicted molar refractivity (Wildman–Crippen MR) is 73.4 cm³/mol. The van der Waals surface area contributed by atoms with E-state index in [0.29, 0.717) is 0 Å². The number of hydrogen-bond donors (Lipinski definition) is 2. The Hall–Kier alpha value is -1.40. The number of carbonyl (C=O) groups is 1. The molecule has 19 heavy (non-hydrogen) atoms. The van der Waals surface area contributed by atoms with Gasteiger partial charge in [0.2, 0.25) is 10.0 Å². The van der Waals surface area contributed by atoms with Crippen molar-refractivity contribution in [1.29, 1.82) is 0 Å². The highest BCUT2D eigenvalue weighted by molar-refractivity contribution is 7.89. The molecule has 1 aromatic carbocycles. The molecule has 0 saturated carbocycles. The Morgan fingerprint density at radius 2 is 1.84 bits per heavy atom. The number of benzene rings is 1. The highest BCUT2D eigenvalue weighted by Gasteiger charge is 2.19. The Morgan fingerprint density at radius 1 is 1.26 bits per heavy atom. The molecule has 2 N–H and O–H groups in total. The maximum absolute atomic E-state index is 11.8. The molecule has 0 bridgehead atoms. The molecule has 0 saturated heterocycles. The first-order chi connectivity index (χ1) is 8.82. The molecule has 0 aromatic heterocycles. The minimum absolute atomic E-state index is 0.0522. The van der Waals surface area contributed by atoms with E-state index >= 15 is 0 Å². The molecule has 0 spiro atoms. The fourth-order valence-electron chi connectivity index (χ4n) is 1.61. The smallest absolute Gasteiger partial charge is 0.307 e. The van der Waals surface area contributed by atoms with Crippen molar-refractivity contribution in [3.63, 3.8) is 0 Å². The quantitative estimate of drug-likeness (QED) is 0.794. The molecule has 6 heteroatoms. The van der Waals surface area contributed by atoms with E-state index in [2.05, 4.69) is 4.72 Å². The second-order valence-electron chi connectivity index (χ2n) is 4.68. The van der Waals surface area contributed by atoms with E-state index in [1.54, 1.807) is 0 Å². The van der Waals surface area contributed by atoms with E-state index < -0.39 is 21.9 Å². The molecule has 5 nitrogen and oxygen atoms in total. The average molecular weight is 285 g/mol. The number of hydrogen-bond acceptors (Lipinski definition) is 3. The number of carboxylic acids is 1. The summed E-state index contributed by atoms with van der Waals surface area (Å²) in [5.74, 6) is -1.94. The third kappa shape index (κ3) is 5.40. The first kappa shape index (κ1) is 15.7. The maximum atomic E-state index is 11.8. The topological polar surface area (TPSA) is 83.5 Å². The predicted octanol–water partition coefficient (Wildman–Crippen LogP) is 1.43. The summed E-state index contributed by atoms with van der Waals surface area (Å²) in [6.07, 6.45) is 0. The van der Waals surface area contributed by atoms with E-state index in [-0.39, 0.29) is 18.2 Å². The summed E-state index contributed by atoms with van der Waals surface area (Å²) < 4.78 is 26.0. The van der Waals surface area contributed by atoms with Crippen LogP contribution in [0.25, 0.3) is 0 Å². The maximum Gasteiger partial charge on any atom is 0.307 e. The van der Waals surface area contributed by atoms with Crippen molar-refractivity contribution < 1.29 is 18.3 Å². The molecule has 0 aliphatic heterocycles. The van der Waals surface area contributed by atoms with Gasteiger partial charge < -0.3 is 5.11 Å². The van der Waals surface area contributed by atoms with Gasteiger partial charge in [-0.2, -0.15) is 0 Å². The molecule has 0 fully saturated rings. The second kappa shape index (κ2) is 6.68. The van der Waals surface area contributed by atoms with Crippen molar-refractivity contribution in [2.75, 3.05) is 12.3 Å². The monoisotopic (exact) mass is 285 g/mol. The Bertz CT molecular complexity index is 513. The fourth-order valence-corrected chi connectivity index (χ4v) is 3.08. The largest absolute Gasteiger partial charge is 0.481 e. The van der Waals surface area contributed by atoms with Crippen LogP contribution < -0.4 is 4.72 Å². The van der Waals surface area contributed by atoms with Crippen LogP contribution in [0, 0.1) is 5.92 Å². The molecule has 2 atom stereocenters. The molecular formula is C13H19NO4S. The summed E-state index contributed by atoms with van der Waals surface area (Å²) in [4.78, 5) is 10.6. The van der Waals surface area contributed by atoms with Gasteiger partial charge in [0.15, 0.2) is 0 Å². The Kier molecular flexibility index (Phi) is 5.50. The van der Waals surface area contributed by atoms with Crippen molar-refractivity contribution in [3.8, 4) is 0 Å². The van der Waals surface area contributed by atoms with Gasteiger partial charge in [0, 0.05) is 6.54 Å². The van der Waals surface area contributed by atoms with Gasteiger partial charge in [-0.25, -0.2) is 13.1 Å². The Morgan fingerprint density at radius 3 is 2.37 bits per heavy atom. The minimum Gasteiger partial charge on any atom is -0.481 e. The summed E-state index contributed by atoms with van der Waals surface area (Å²) >= 11 is 0. The van der Waals surface area contributed by atoms with Crippen molar-refractivity contribution in [2.45, 2.75) is 19.8 Å². The number of nitrogens with one attached hydrogen (secondary N) is 1. The van der Waals surface area contributed by atoms with Crippen molar-refractivity contribution in [1.82, 2.24) is 4.72 Å². The third-order valence-electron chi connectivity index (χ3n) is 2.87. The van der Waals surface area contributed by atoms with Gasteiger partial charge in [-0.15, -0.1) is 0 Å². The zero-order chi connectivity index (χ0) is 14.5. The first-order valence-electron chi connectivity index (χ1n) is 6.07. The van der Waals surface area contributed by atoms with Crippen LogP contribution in [0.15, 0.2) is 30.3 Å². The van der Waals surface area contributed by atoms with Crippen molar-refractivity contribution in [3.05, 3.63) is 35.9 Å². The highest BCUT2D eigenvalue weighted by atomic mass is 32.2. The van der Waals surface area contributed by atoms with E-state index in [1.807, 2.05) is 37.3 Å². The van der Waals surface area contributed by atoms with Crippen molar-refractivity contribution >= 4 is 16.0 Å². The van der Waals surface area contributed by atoms with E-state index in [4.69, 9.17) is 5.11 Å². The van der Waals surface area contributed by atoms with Gasteiger partial charge in [0.25, 0.3) is 0 Å². The zero-order valence-corrected chi connectivity index (χ0v) is 11.9. The van der Waals surface area contributed by atoms with E-state index in [0.717, 1.165) is 5.56 Å². The Labute approximate surface area is 113 Å². The lowest BCUT2D eigenvalue weighted by atomic mass is 10.0. The standard InChI is InChI=1S/C13H19NO4S/c1-10(13(15)16)8-14-19(17,18)9-11(2)12-6-4-3-5-7-12/h3-7,10-11,14H,8-9H2,1-2H3,(H,15,16). The van der Waals surface area contributed by atoms with Crippen LogP contribution in [0.1, 0.15) is 25.3 Å². The second-order valence-corrected chi connectivity index (χ2v) is 6.53. The molecule has 0 aliphatic rings. The summed E-state index contributed by atoms with van der Waals surface area (Å²) in [6, 6.07) is 9.34. The van der Waals surface area contributed by atoms with Gasteiger partial charge in [-0.05, 0) is 11.5 Å². The summed E-state index contributed by atoms with van der Waals surface area (Å²) in [7, 11) is -3.47. The SMILES string of the molecule is CC(CNS(=O)(=O)CC(C)c1ccccc1)C(=O)O. The number of carboxylic acid groups (broad SMARTS) is 1. The Balaban J connectivity index is 2.58. The minimum atomic E-state index is -3.47. The molecule has 0 amide bonds. The number of aliphatic carboxylic acids is 1. The summed E-state index contributed by atoms with van der Waals surface area (Å²) in [6.45, 7) is 3.21. The van der Waals surface area contributed by atoms with Gasteiger partial charge in [0.05, 0.1) is 11.7 Å². The highest BCUT2D eigenvalue weighted by Crippen LogP contribution is 2.16. The average Bonchev–Trinajstić information content (AvgIpc) is 2.36. The van der Waals surface area contributed by atoms with Crippen LogP contribution in [0.3, 0.4) is 0 Å². The van der Waals surface area contributed by atoms with E-state index in [9.17, 15) is 13.2 Å². The fraction of sp³-hybridized carbons (Fsp3) is 0.462.